The van der Waals surface area contributed by atoms with Gasteiger partial charge in [0.05, 0.1) is 21.3 Å². The molecule has 0 saturated carbocycles. The number of benzene rings is 2. The van der Waals surface area contributed by atoms with E-state index in [0.717, 1.165) is 27.3 Å². The van der Waals surface area contributed by atoms with Gasteiger partial charge < -0.3 is 9.47 Å². The normalized spacial score (nSPS) is 14.2. The molecule has 0 N–H and O–H groups in total. The lowest BCUT2D eigenvalue weighted by Crippen LogP contribution is -2.08. The van der Waals surface area contributed by atoms with Crippen molar-refractivity contribution in [3.63, 3.8) is 0 Å². The van der Waals surface area contributed by atoms with Crippen LogP contribution in [0.15, 0.2) is 48.0 Å². The molecule has 4 rings (SSSR count). The Balaban J connectivity index is 1.80. The van der Waals surface area contributed by atoms with Gasteiger partial charge in [0.25, 0.3) is 6.29 Å². The predicted molar refractivity (Wildman–Crippen MR) is 70.1 cm³/mol. The summed E-state index contributed by atoms with van der Waals surface area (Å²) < 4.78 is 12.8. The van der Waals surface area contributed by atoms with E-state index in [1.807, 2.05) is 41.9 Å². The van der Waals surface area contributed by atoms with Crippen LogP contribution in [-0.4, -0.2) is 4.98 Å². The topological polar surface area (TPSA) is 31.4 Å². The SMILES string of the molecule is c1ccc2c(c1)OC(c1cccc3scnc13)O2. The minimum absolute atomic E-state index is 0.395. The summed E-state index contributed by atoms with van der Waals surface area (Å²) in [5.41, 5.74) is 3.78. The first-order valence-electron chi connectivity index (χ1n) is 5.66. The summed E-state index contributed by atoms with van der Waals surface area (Å²) in [5.74, 6) is 1.57. The Kier molecular flexibility index (Phi) is 2.04. The van der Waals surface area contributed by atoms with Crippen LogP contribution in [0.4, 0.5) is 0 Å². The Morgan fingerprint density at radius 1 is 0.944 bits per heavy atom. The Morgan fingerprint density at radius 2 is 1.72 bits per heavy atom. The van der Waals surface area contributed by atoms with Gasteiger partial charge in [-0.1, -0.05) is 18.2 Å². The number of fused-ring (bicyclic) bond motifs is 2. The zero-order valence-corrected chi connectivity index (χ0v) is 10.2. The summed E-state index contributed by atoms with van der Waals surface area (Å²) in [6.45, 7) is 0. The van der Waals surface area contributed by atoms with E-state index in [9.17, 15) is 0 Å². The van der Waals surface area contributed by atoms with Crippen LogP contribution in [0.2, 0.25) is 0 Å². The minimum Gasteiger partial charge on any atom is -0.447 e. The molecule has 0 radical (unpaired) electrons. The number of rotatable bonds is 1. The van der Waals surface area contributed by atoms with Gasteiger partial charge in [-0.05, 0) is 24.3 Å². The average Bonchev–Trinajstić information content (AvgIpc) is 3.04. The molecule has 0 saturated heterocycles. The molecule has 0 unspecified atom stereocenters. The van der Waals surface area contributed by atoms with Crippen molar-refractivity contribution in [2.24, 2.45) is 0 Å². The molecule has 1 aliphatic rings. The molecule has 0 fully saturated rings. The monoisotopic (exact) mass is 255 g/mol. The predicted octanol–water partition coefficient (Wildman–Crippen LogP) is 3.77. The van der Waals surface area contributed by atoms with Crippen molar-refractivity contribution >= 4 is 21.6 Å². The molecule has 0 spiro atoms. The quantitative estimate of drug-likeness (QED) is 0.663. The van der Waals surface area contributed by atoms with E-state index in [0.29, 0.717) is 0 Å². The number of ether oxygens (including phenoxy) is 2. The first kappa shape index (κ1) is 9.91. The molecule has 0 bridgehead atoms. The van der Waals surface area contributed by atoms with Gasteiger partial charge in [-0.25, -0.2) is 4.98 Å². The van der Waals surface area contributed by atoms with Crippen molar-refractivity contribution < 1.29 is 9.47 Å². The lowest BCUT2D eigenvalue weighted by Gasteiger charge is -2.10. The zero-order chi connectivity index (χ0) is 11.9. The molecule has 4 heteroatoms. The molecule has 88 valence electrons. The molecule has 2 aromatic carbocycles. The highest BCUT2D eigenvalue weighted by Crippen LogP contribution is 2.41. The lowest BCUT2D eigenvalue weighted by atomic mass is 10.2. The second-order valence-electron chi connectivity index (χ2n) is 4.06. The third-order valence-electron chi connectivity index (χ3n) is 2.96. The highest BCUT2D eigenvalue weighted by molar-refractivity contribution is 7.16. The molecule has 18 heavy (non-hydrogen) atoms. The fourth-order valence-corrected chi connectivity index (χ4v) is 2.84. The van der Waals surface area contributed by atoms with E-state index >= 15 is 0 Å². The Labute approximate surface area is 108 Å². The van der Waals surface area contributed by atoms with Crippen LogP contribution in [-0.2, 0) is 0 Å². The molecule has 0 amide bonds. The van der Waals surface area contributed by atoms with Crippen LogP contribution >= 0.6 is 11.3 Å². The van der Waals surface area contributed by atoms with Crippen molar-refractivity contribution in [2.45, 2.75) is 6.29 Å². The minimum atomic E-state index is -0.395. The van der Waals surface area contributed by atoms with Gasteiger partial charge in [0, 0.05) is 0 Å². The Bertz CT molecular complexity index is 697. The maximum Gasteiger partial charge on any atom is 0.270 e. The van der Waals surface area contributed by atoms with Gasteiger partial charge >= 0.3 is 0 Å². The standard InChI is InChI=1S/C14H9NO2S/c1-2-6-11-10(5-1)16-14(17-11)9-4-3-7-12-13(9)15-8-18-12/h1-8,14H. The van der Waals surface area contributed by atoms with Crippen molar-refractivity contribution in [2.75, 3.05) is 0 Å². The largest absolute Gasteiger partial charge is 0.447 e. The first-order chi connectivity index (χ1) is 8.92. The smallest absolute Gasteiger partial charge is 0.270 e. The van der Waals surface area contributed by atoms with Gasteiger partial charge in [-0.2, -0.15) is 0 Å². The molecule has 3 aromatic rings. The van der Waals surface area contributed by atoms with E-state index in [1.54, 1.807) is 11.3 Å². The van der Waals surface area contributed by atoms with Crippen LogP contribution in [0.25, 0.3) is 10.2 Å². The third-order valence-corrected chi connectivity index (χ3v) is 3.76. The van der Waals surface area contributed by atoms with Gasteiger partial charge in [0.2, 0.25) is 0 Å². The first-order valence-corrected chi connectivity index (χ1v) is 6.54. The van der Waals surface area contributed by atoms with E-state index in [1.165, 1.54) is 0 Å². The van der Waals surface area contributed by atoms with E-state index in [2.05, 4.69) is 11.1 Å². The van der Waals surface area contributed by atoms with Crippen LogP contribution in [0.1, 0.15) is 11.9 Å². The molecule has 1 aromatic heterocycles. The summed E-state index contributed by atoms with van der Waals surface area (Å²) >= 11 is 1.62. The molecule has 0 aliphatic carbocycles. The second-order valence-corrected chi connectivity index (χ2v) is 4.95. The van der Waals surface area contributed by atoms with E-state index < -0.39 is 6.29 Å². The molecular weight excluding hydrogens is 246 g/mol. The van der Waals surface area contributed by atoms with Crippen molar-refractivity contribution in [3.8, 4) is 11.5 Å². The van der Waals surface area contributed by atoms with Crippen LogP contribution in [0, 0.1) is 0 Å². The van der Waals surface area contributed by atoms with Crippen molar-refractivity contribution in [1.29, 1.82) is 0 Å². The summed E-state index contributed by atoms with van der Waals surface area (Å²) in [5, 5.41) is 0. The second kappa shape index (κ2) is 3.71. The average molecular weight is 255 g/mol. The number of thiazole rings is 1. The molecular formula is C14H9NO2S. The maximum absolute atomic E-state index is 5.81. The lowest BCUT2D eigenvalue weighted by molar-refractivity contribution is 0.0499. The molecule has 2 heterocycles. The Hall–Kier alpha value is -2.07. The fourth-order valence-electron chi connectivity index (χ4n) is 2.13. The number of aromatic nitrogens is 1. The Morgan fingerprint density at radius 3 is 2.50 bits per heavy atom. The van der Waals surface area contributed by atoms with Crippen molar-refractivity contribution in [3.05, 3.63) is 53.5 Å². The molecule has 3 nitrogen and oxygen atoms in total. The molecule has 0 atom stereocenters. The van der Waals surface area contributed by atoms with Gasteiger partial charge in [-0.3, -0.25) is 0 Å². The van der Waals surface area contributed by atoms with Gasteiger partial charge in [-0.15, -0.1) is 11.3 Å². The fraction of sp³-hybridized carbons (Fsp3) is 0.0714. The van der Waals surface area contributed by atoms with Crippen LogP contribution in [0.3, 0.4) is 0 Å². The number of hydrogen-bond acceptors (Lipinski definition) is 4. The summed E-state index contributed by atoms with van der Waals surface area (Å²) in [6.07, 6.45) is -0.395. The number of nitrogens with zero attached hydrogens (tertiary/aromatic N) is 1. The highest BCUT2D eigenvalue weighted by Gasteiger charge is 2.27. The van der Waals surface area contributed by atoms with Crippen molar-refractivity contribution in [1.82, 2.24) is 4.98 Å². The number of para-hydroxylation sites is 3. The van der Waals surface area contributed by atoms with Crippen LogP contribution < -0.4 is 9.47 Å². The van der Waals surface area contributed by atoms with Gasteiger partial charge in [0.1, 0.15) is 0 Å². The summed E-state index contributed by atoms with van der Waals surface area (Å²) in [6, 6.07) is 13.8. The van der Waals surface area contributed by atoms with E-state index in [4.69, 9.17) is 9.47 Å². The highest BCUT2D eigenvalue weighted by atomic mass is 32.1. The maximum atomic E-state index is 5.81. The summed E-state index contributed by atoms with van der Waals surface area (Å²) in [4.78, 5) is 4.38. The number of hydrogen-bond donors (Lipinski definition) is 0. The van der Waals surface area contributed by atoms with Crippen LogP contribution in [0.5, 0.6) is 11.5 Å². The van der Waals surface area contributed by atoms with Gasteiger partial charge in [0.15, 0.2) is 11.5 Å². The van der Waals surface area contributed by atoms with E-state index in [-0.39, 0.29) is 0 Å². The zero-order valence-electron chi connectivity index (χ0n) is 9.37. The third kappa shape index (κ3) is 1.39. The molecule has 1 aliphatic heterocycles. The summed E-state index contributed by atoms with van der Waals surface area (Å²) in [7, 11) is 0.